The van der Waals surface area contributed by atoms with Crippen molar-refractivity contribution in [2.24, 2.45) is 0 Å². The van der Waals surface area contributed by atoms with E-state index >= 15 is 0 Å². The molecule has 0 bridgehead atoms. The molecule has 0 radical (unpaired) electrons. The van der Waals surface area contributed by atoms with Gasteiger partial charge in [-0.05, 0) is 88.9 Å². The molecular formula is C29H40ClN3O3S. The first-order valence-electron chi connectivity index (χ1n) is 13.4. The molecule has 2 aliphatic rings. The molecule has 0 saturated carbocycles. The Hall–Kier alpha value is -1.93. The number of hydrogen-bond donors (Lipinski definition) is 0. The van der Waals surface area contributed by atoms with Crippen molar-refractivity contribution in [2.75, 3.05) is 33.7 Å². The lowest BCUT2D eigenvalue weighted by molar-refractivity contribution is -0.134. The van der Waals surface area contributed by atoms with Crippen LogP contribution in [0.2, 0.25) is 5.02 Å². The maximum atomic E-state index is 13.7. The number of carbonyl (C=O) groups excluding carboxylic acids is 1. The summed E-state index contributed by atoms with van der Waals surface area (Å²) in [6.07, 6.45) is 5.30. The summed E-state index contributed by atoms with van der Waals surface area (Å²) in [4.78, 5) is 17.8. The molecule has 2 aromatic carbocycles. The number of halogens is 1. The molecule has 2 aliphatic heterocycles. The highest BCUT2D eigenvalue weighted by Crippen LogP contribution is 2.38. The van der Waals surface area contributed by atoms with Gasteiger partial charge in [-0.1, -0.05) is 48.4 Å². The van der Waals surface area contributed by atoms with Gasteiger partial charge in [-0.15, -0.1) is 0 Å². The second-order valence-electron chi connectivity index (χ2n) is 10.8. The van der Waals surface area contributed by atoms with Crippen LogP contribution in [0.1, 0.15) is 61.6 Å². The monoisotopic (exact) mass is 545 g/mol. The van der Waals surface area contributed by atoms with Gasteiger partial charge in [-0.25, -0.2) is 8.42 Å². The van der Waals surface area contributed by atoms with Gasteiger partial charge in [0.1, 0.15) is 0 Å². The van der Waals surface area contributed by atoms with Crippen LogP contribution in [0.3, 0.4) is 0 Å². The van der Waals surface area contributed by atoms with Gasteiger partial charge in [0.05, 0.1) is 4.90 Å². The number of carbonyl (C=O) groups is 1. The summed E-state index contributed by atoms with van der Waals surface area (Å²) < 4.78 is 29.0. The van der Waals surface area contributed by atoms with E-state index in [0.29, 0.717) is 48.0 Å². The molecule has 0 N–H and O–H groups in total. The Bertz CT molecular complexity index is 1210. The average Bonchev–Trinajstić information content (AvgIpc) is 2.89. The predicted octanol–water partition coefficient (Wildman–Crippen LogP) is 5.36. The number of nitrogens with zero attached hydrogens (tertiary/aromatic N) is 3. The molecule has 2 saturated heterocycles. The molecule has 0 spiro atoms. The number of hydrogen-bond acceptors (Lipinski definition) is 4. The molecule has 4 rings (SSSR count). The molecule has 2 fully saturated rings. The van der Waals surface area contributed by atoms with E-state index in [2.05, 4.69) is 43.3 Å². The van der Waals surface area contributed by atoms with Crippen molar-refractivity contribution in [1.82, 2.24) is 14.1 Å². The first-order chi connectivity index (χ1) is 17.6. The normalized spacial score (nSPS) is 20.8. The first kappa shape index (κ1) is 28.1. The number of likely N-dealkylation sites (tertiary alicyclic amines) is 1. The quantitative estimate of drug-likeness (QED) is 0.470. The fraction of sp³-hybridized carbons (Fsp3) is 0.552. The standard InChI is InChI=1S/C29H40ClN3O3S/c1-22-21-27(23(2)20-26(22)30)37(35,36)33-17-9-8-12-25(33)13-14-28(34)32-18-15-29(16-19-32,31(3)4)24-10-6-5-7-11-24/h5-7,10-11,20-21,25H,8-9,12-19H2,1-4H3. The highest BCUT2D eigenvalue weighted by atomic mass is 35.5. The zero-order valence-corrected chi connectivity index (χ0v) is 24.1. The fourth-order valence-corrected chi connectivity index (χ4v) is 8.29. The minimum atomic E-state index is -3.67. The Balaban J connectivity index is 1.42. The molecule has 8 heteroatoms. The van der Waals surface area contributed by atoms with Crippen molar-refractivity contribution in [2.45, 2.75) is 75.3 Å². The highest BCUT2D eigenvalue weighted by Gasteiger charge is 2.40. The summed E-state index contributed by atoms with van der Waals surface area (Å²) in [6.45, 7) is 5.53. The van der Waals surface area contributed by atoms with E-state index in [4.69, 9.17) is 11.6 Å². The first-order valence-corrected chi connectivity index (χ1v) is 15.2. The third-order valence-electron chi connectivity index (χ3n) is 8.42. The van der Waals surface area contributed by atoms with Crippen LogP contribution in [-0.4, -0.2) is 68.2 Å². The highest BCUT2D eigenvalue weighted by molar-refractivity contribution is 7.89. The second-order valence-corrected chi connectivity index (χ2v) is 13.1. The molecule has 2 heterocycles. The molecule has 0 aromatic heterocycles. The number of benzene rings is 2. The van der Waals surface area contributed by atoms with Crippen LogP contribution in [0.25, 0.3) is 0 Å². The van der Waals surface area contributed by atoms with Crippen molar-refractivity contribution in [3.05, 3.63) is 64.2 Å². The lowest BCUT2D eigenvalue weighted by Gasteiger charge is -2.46. The van der Waals surface area contributed by atoms with Gasteiger partial charge in [0.25, 0.3) is 0 Å². The third kappa shape index (κ3) is 5.75. The lowest BCUT2D eigenvalue weighted by Crippen LogP contribution is -2.52. The molecule has 0 aliphatic carbocycles. The maximum absolute atomic E-state index is 13.7. The van der Waals surface area contributed by atoms with E-state index in [-0.39, 0.29) is 17.5 Å². The van der Waals surface area contributed by atoms with E-state index in [0.717, 1.165) is 37.7 Å². The van der Waals surface area contributed by atoms with Gasteiger partial charge < -0.3 is 4.90 Å². The largest absolute Gasteiger partial charge is 0.343 e. The summed E-state index contributed by atoms with van der Waals surface area (Å²) in [6, 6.07) is 13.8. The minimum absolute atomic E-state index is 0.0686. The number of rotatable bonds is 7. The number of piperidine rings is 2. The van der Waals surface area contributed by atoms with E-state index in [1.54, 1.807) is 23.4 Å². The van der Waals surface area contributed by atoms with E-state index in [1.807, 2.05) is 17.9 Å². The van der Waals surface area contributed by atoms with Gasteiger partial charge >= 0.3 is 0 Å². The summed E-state index contributed by atoms with van der Waals surface area (Å²) in [5.41, 5.74) is 2.64. The van der Waals surface area contributed by atoms with Crippen molar-refractivity contribution in [3.8, 4) is 0 Å². The molecule has 202 valence electrons. The van der Waals surface area contributed by atoms with Gasteiger partial charge in [-0.3, -0.25) is 9.69 Å². The van der Waals surface area contributed by atoms with Crippen molar-refractivity contribution in [1.29, 1.82) is 0 Å². The molecule has 6 nitrogen and oxygen atoms in total. The number of amides is 1. The zero-order chi connectivity index (χ0) is 26.8. The third-order valence-corrected chi connectivity index (χ3v) is 10.9. The predicted molar refractivity (Wildman–Crippen MR) is 149 cm³/mol. The second kappa shape index (κ2) is 11.4. The summed E-state index contributed by atoms with van der Waals surface area (Å²) in [5.74, 6) is 0.127. The summed E-state index contributed by atoms with van der Waals surface area (Å²) >= 11 is 6.23. The minimum Gasteiger partial charge on any atom is -0.343 e. The number of sulfonamides is 1. The van der Waals surface area contributed by atoms with Crippen LogP contribution in [0.4, 0.5) is 0 Å². The Kier molecular flexibility index (Phi) is 8.68. The molecule has 2 aromatic rings. The van der Waals surface area contributed by atoms with Crippen LogP contribution < -0.4 is 0 Å². The van der Waals surface area contributed by atoms with Crippen LogP contribution in [0.15, 0.2) is 47.4 Å². The Labute approximate surface area is 227 Å². The van der Waals surface area contributed by atoms with Gasteiger partial charge in [0.2, 0.25) is 15.9 Å². The Morgan fingerprint density at radius 1 is 1.03 bits per heavy atom. The van der Waals surface area contributed by atoms with Gasteiger partial charge in [-0.2, -0.15) is 4.31 Å². The Morgan fingerprint density at radius 3 is 2.35 bits per heavy atom. The van der Waals surface area contributed by atoms with Crippen LogP contribution in [-0.2, 0) is 20.4 Å². The number of aryl methyl sites for hydroxylation is 2. The van der Waals surface area contributed by atoms with Crippen molar-refractivity contribution >= 4 is 27.5 Å². The van der Waals surface area contributed by atoms with Gasteiger partial charge in [0.15, 0.2) is 0 Å². The molecular weight excluding hydrogens is 506 g/mol. The Morgan fingerprint density at radius 2 is 1.70 bits per heavy atom. The topological polar surface area (TPSA) is 60.9 Å². The van der Waals surface area contributed by atoms with Crippen LogP contribution in [0, 0.1) is 13.8 Å². The SMILES string of the molecule is Cc1cc(S(=O)(=O)N2CCCCC2CCC(=O)N2CCC(c3ccccc3)(N(C)C)CC2)c(C)cc1Cl. The molecule has 37 heavy (non-hydrogen) atoms. The van der Waals surface area contributed by atoms with Crippen molar-refractivity contribution in [3.63, 3.8) is 0 Å². The summed E-state index contributed by atoms with van der Waals surface area (Å²) in [7, 11) is 0.570. The van der Waals surface area contributed by atoms with Crippen LogP contribution in [0.5, 0.6) is 0 Å². The molecule has 1 amide bonds. The van der Waals surface area contributed by atoms with Crippen LogP contribution >= 0.6 is 11.6 Å². The average molecular weight is 546 g/mol. The zero-order valence-electron chi connectivity index (χ0n) is 22.5. The molecule has 1 atom stereocenters. The molecule has 1 unspecified atom stereocenters. The maximum Gasteiger partial charge on any atom is 0.243 e. The summed E-state index contributed by atoms with van der Waals surface area (Å²) in [5, 5.41) is 0.573. The van der Waals surface area contributed by atoms with E-state index in [9.17, 15) is 13.2 Å². The van der Waals surface area contributed by atoms with E-state index in [1.165, 1.54) is 5.56 Å². The van der Waals surface area contributed by atoms with Crippen molar-refractivity contribution < 1.29 is 13.2 Å². The fourth-order valence-electron chi connectivity index (χ4n) is 6.05. The van der Waals surface area contributed by atoms with Gasteiger partial charge in [0, 0.05) is 42.7 Å². The van der Waals surface area contributed by atoms with E-state index < -0.39 is 10.0 Å². The lowest BCUT2D eigenvalue weighted by atomic mass is 9.79. The smallest absolute Gasteiger partial charge is 0.243 e.